The van der Waals surface area contributed by atoms with Gasteiger partial charge in [0, 0.05) is 38.4 Å². The number of amides is 2. The quantitative estimate of drug-likeness (QED) is 0.891. The number of nitrogens with zero attached hydrogens (tertiary/aromatic N) is 3. The van der Waals surface area contributed by atoms with Crippen LogP contribution in [-0.2, 0) is 7.05 Å². The molecule has 0 aliphatic rings. The Morgan fingerprint density at radius 1 is 1.36 bits per heavy atom. The molecule has 1 atom stereocenters. The molecule has 0 aliphatic heterocycles. The number of carbonyl (C=O) groups is 1. The van der Waals surface area contributed by atoms with Crippen LogP contribution in [-0.4, -0.2) is 35.4 Å². The maximum absolute atomic E-state index is 12.0. The highest BCUT2D eigenvalue weighted by Crippen LogP contribution is 2.13. The molecule has 6 heteroatoms. The molecule has 1 aromatic heterocycles. The second-order valence-corrected chi connectivity index (χ2v) is 5.43. The highest BCUT2D eigenvalue weighted by Gasteiger charge is 2.12. The first-order valence-corrected chi connectivity index (χ1v) is 7.30. The van der Waals surface area contributed by atoms with E-state index in [1.807, 2.05) is 38.2 Å². The normalized spacial score (nSPS) is 11.8. The van der Waals surface area contributed by atoms with Gasteiger partial charge in [-0.05, 0) is 26.0 Å². The Kier molecular flexibility index (Phi) is 5.04. The van der Waals surface area contributed by atoms with E-state index in [-0.39, 0.29) is 12.1 Å². The molecule has 1 aromatic carbocycles. The van der Waals surface area contributed by atoms with Gasteiger partial charge in [-0.3, -0.25) is 10.00 Å². The fourth-order valence-corrected chi connectivity index (χ4v) is 2.18. The van der Waals surface area contributed by atoms with Crippen molar-refractivity contribution >= 4 is 17.5 Å². The Morgan fingerprint density at radius 2 is 2.05 bits per heavy atom. The zero-order valence-corrected chi connectivity index (χ0v) is 13.5. The lowest BCUT2D eigenvalue weighted by atomic mass is 10.2. The smallest absolute Gasteiger partial charge is 0.320 e. The number of benzene rings is 1. The molecule has 0 bridgehead atoms. The van der Waals surface area contributed by atoms with E-state index in [9.17, 15) is 4.79 Å². The summed E-state index contributed by atoms with van der Waals surface area (Å²) in [5.41, 5.74) is 1.99. The zero-order valence-electron chi connectivity index (χ0n) is 13.5. The van der Waals surface area contributed by atoms with Crippen LogP contribution in [0.4, 0.5) is 16.3 Å². The van der Waals surface area contributed by atoms with Crippen molar-refractivity contribution in [3.63, 3.8) is 0 Å². The lowest BCUT2D eigenvalue weighted by Gasteiger charge is -2.27. The summed E-state index contributed by atoms with van der Waals surface area (Å²) in [5, 5.41) is 9.88. The second-order valence-electron chi connectivity index (χ2n) is 5.43. The van der Waals surface area contributed by atoms with Gasteiger partial charge in [0.05, 0.1) is 5.69 Å². The van der Waals surface area contributed by atoms with E-state index in [4.69, 9.17) is 0 Å². The number of hydrogen-bond donors (Lipinski definition) is 2. The van der Waals surface area contributed by atoms with Gasteiger partial charge in [0.1, 0.15) is 5.82 Å². The third kappa shape index (κ3) is 4.00. The fraction of sp³-hybridized carbons (Fsp3) is 0.375. The van der Waals surface area contributed by atoms with E-state index >= 15 is 0 Å². The lowest BCUT2D eigenvalue weighted by Crippen LogP contribution is -2.41. The number of likely N-dealkylation sites (N-methyl/N-ethyl adjacent to an activating group) is 1. The van der Waals surface area contributed by atoms with Gasteiger partial charge >= 0.3 is 6.03 Å². The largest absolute Gasteiger partial charge is 0.370 e. The Balaban J connectivity index is 1.84. The van der Waals surface area contributed by atoms with Crippen molar-refractivity contribution in [1.82, 2.24) is 15.1 Å². The van der Waals surface area contributed by atoms with Gasteiger partial charge in [-0.2, -0.15) is 5.10 Å². The number of nitrogens with one attached hydrogen (secondary N) is 2. The van der Waals surface area contributed by atoms with Crippen LogP contribution in [0.25, 0.3) is 0 Å². The van der Waals surface area contributed by atoms with Crippen LogP contribution in [0.3, 0.4) is 0 Å². The number of carbonyl (C=O) groups excluding carboxylic acids is 1. The van der Waals surface area contributed by atoms with Gasteiger partial charge in [0.2, 0.25) is 0 Å². The highest BCUT2D eigenvalue weighted by molar-refractivity contribution is 5.88. The van der Waals surface area contributed by atoms with Crippen LogP contribution in [0.15, 0.2) is 36.4 Å². The average molecular weight is 301 g/mol. The summed E-state index contributed by atoms with van der Waals surface area (Å²) in [5.74, 6) is 0.680. The second kappa shape index (κ2) is 6.98. The molecule has 2 rings (SSSR count). The Bertz CT molecular complexity index is 623. The highest BCUT2D eigenvalue weighted by atomic mass is 16.2. The predicted octanol–water partition coefficient (Wildman–Crippen LogP) is 2.37. The first-order valence-electron chi connectivity index (χ1n) is 7.30. The van der Waals surface area contributed by atoms with Crippen LogP contribution in [0.5, 0.6) is 0 Å². The molecule has 0 saturated carbocycles. The lowest BCUT2D eigenvalue weighted by molar-refractivity contribution is 0.251. The fourth-order valence-electron chi connectivity index (χ4n) is 2.18. The summed E-state index contributed by atoms with van der Waals surface area (Å²) in [6.07, 6.45) is 0. The minimum Gasteiger partial charge on any atom is -0.370 e. The van der Waals surface area contributed by atoms with Crippen molar-refractivity contribution in [2.75, 3.05) is 23.8 Å². The molecule has 2 amide bonds. The number of aromatic nitrogens is 2. The van der Waals surface area contributed by atoms with Crippen molar-refractivity contribution in [3.8, 4) is 0 Å². The third-order valence-electron chi connectivity index (χ3n) is 3.63. The summed E-state index contributed by atoms with van der Waals surface area (Å²) >= 11 is 0. The molecule has 0 unspecified atom stereocenters. The van der Waals surface area contributed by atoms with Crippen LogP contribution >= 0.6 is 0 Å². The topological polar surface area (TPSA) is 62.2 Å². The zero-order chi connectivity index (χ0) is 16.1. The van der Waals surface area contributed by atoms with Crippen molar-refractivity contribution in [2.45, 2.75) is 19.9 Å². The molecule has 0 aliphatic carbocycles. The van der Waals surface area contributed by atoms with Crippen molar-refractivity contribution in [2.24, 2.45) is 7.05 Å². The molecule has 0 fully saturated rings. The summed E-state index contributed by atoms with van der Waals surface area (Å²) < 4.78 is 1.65. The monoisotopic (exact) mass is 301 g/mol. The van der Waals surface area contributed by atoms with E-state index in [0.29, 0.717) is 12.4 Å². The molecular weight excluding hydrogens is 278 g/mol. The summed E-state index contributed by atoms with van der Waals surface area (Å²) in [6, 6.07) is 11.9. The summed E-state index contributed by atoms with van der Waals surface area (Å²) in [6.45, 7) is 4.51. The molecule has 6 nitrogen and oxygen atoms in total. The van der Waals surface area contributed by atoms with Gasteiger partial charge in [-0.1, -0.05) is 18.2 Å². The number of anilines is 2. The first-order chi connectivity index (χ1) is 10.5. The molecule has 0 saturated heterocycles. The molecular formula is C16H23N5O. The average Bonchev–Trinajstić information content (AvgIpc) is 2.82. The van der Waals surface area contributed by atoms with Gasteiger partial charge in [-0.15, -0.1) is 0 Å². The molecule has 2 aromatic rings. The van der Waals surface area contributed by atoms with Crippen molar-refractivity contribution < 1.29 is 4.79 Å². The summed E-state index contributed by atoms with van der Waals surface area (Å²) in [7, 11) is 3.82. The molecule has 2 N–H and O–H groups in total. The minimum absolute atomic E-state index is 0.182. The Morgan fingerprint density at radius 3 is 2.64 bits per heavy atom. The maximum Gasteiger partial charge on any atom is 0.320 e. The number of para-hydroxylation sites is 1. The molecule has 22 heavy (non-hydrogen) atoms. The van der Waals surface area contributed by atoms with E-state index < -0.39 is 0 Å². The Hall–Kier alpha value is -2.50. The van der Waals surface area contributed by atoms with Crippen molar-refractivity contribution in [3.05, 3.63) is 42.1 Å². The SMILES string of the molecule is Cc1cc(NC(=O)NC[C@H](C)N(C)c2ccccc2)n(C)n1. The first kappa shape index (κ1) is 15.9. The molecule has 1 heterocycles. The van der Waals surface area contributed by atoms with Crippen LogP contribution in [0.1, 0.15) is 12.6 Å². The molecule has 118 valence electrons. The van der Waals surface area contributed by atoms with E-state index in [0.717, 1.165) is 11.4 Å². The number of rotatable bonds is 5. The van der Waals surface area contributed by atoms with E-state index in [1.165, 1.54) is 0 Å². The Labute approximate surface area is 131 Å². The van der Waals surface area contributed by atoms with Gasteiger partial charge < -0.3 is 10.2 Å². The van der Waals surface area contributed by atoms with Crippen LogP contribution in [0, 0.1) is 6.92 Å². The number of hydrogen-bond acceptors (Lipinski definition) is 3. The maximum atomic E-state index is 12.0. The summed E-state index contributed by atoms with van der Waals surface area (Å²) in [4.78, 5) is 14.1. The van der Waals surface area contributed by atoms with Crippen LogP contribution in [0.2, 0.25) is 0 Å². The predicted molar refractivity (Wildman–Crippen MR) is 89.3 cm³/mol. The van der Waals surface area contributed by atoms with Gasteiger partial charge in [0.15, 0.2) is 0 Å². The minimum atomic E-state index is -0.226. The van der Waals surface area contributed by atoms with E-state index in [2.05, 4.69) is 39.7 Å². The van der Waals surface area contributed by atoms with Gasteiger partial charge in [0.25, 0.3) is 0 Å². The number of aryl methyl sites for hydroxylation is 2. The standard InChI is InChI=1S/C16H23N5O/c1-12-10-15(21(4)19-12)18-16(22)17-11-13(2)20(3)14-8-6-5-7-9-14/h5-10,13H,11H2,1-4H3,(H2,17,18,22)/t13-/m0/s1. The van der Waals surface area contributed by atoms with Gasteiger partial charge in [-0.25, -0.2) is 4.79 Å². The molecule has 0 spiro atoms. The third-order valence-corrected chi connectivity index (χ3v) is 3.63. The number of urea groups is 1. The van der Waals surface area contributed by atoms with Crippen LogP contribution < -0.4 is 15.5 Å². The van der Waals surface area contributed by atoms with E-state index in [1.54, 1.807) is 11.7 Å². The van der Waals surface area contributed by atoms with Crippen molar-refractivity contribution in [1.29, 1.82) is 0 Å². The molecule has 0 radical (unpaired) electrons.